The molecule has 0 aromatic heterocycles. The van der Waals surface area contributed by atoms with Crippen LogP contribution in [0.2, 0.25) is 0 Å². The Morgan fingerprint density at radius 2 is 2.12 bits per heavy atom. The van der Waals surface area contributed by atoms with Crippen molar-refractivity contribution >= 4 is 12.3 Å². The van der Waals surface area contributed by atoms with Gasteiger partial charge in [-0.1, -0.05) is 13.8 Å². The number of rotatable bonds is 5. The van der Waals surface area contributed by atoms with Gasteiger partial charge in [0.15, 0.2) is 0 Å². The third-order valence-corrected chi connectivity index (χ3v) is 2.71. The Balaban J connectivity index is 3.25. The molecule has 1 aromatic rings. The molecule has 0 spiro atoms. The van der Waals surface area contributed by atoms with Gasteiger partial charge in [0.25, 0.3) is 0 Å². The van der Waals surface area contributed by atoms with Gasteiger partial charge in [-0.25, -0.2) is 0 Å². The van der Waals surface area contributed by atoms with Gasteiger partial charge in [-0.15, -0.1) is 0 Å². The quantitative estimate of drug-likeness (QED) is 0.796. The molecule has 0 bridgehead atoms. The van der Waals surface area contributed by atoms with E-state index in [2.05, 4.69) is 0 Å². The summed E-state index contributed by atoms with van der Waals surface area (Å²) in [6.45, 7) is 3.59. The molecule has 17 heavy (non-hydrogen) atoms. The summed E-state index contributed by atoms with van der Waals surface area (Å²) in [5.74, 6) is -0.279. The molecule has 0 aliphatic heterocycles. The monoisotopic (exact) mass is 236 g/mol. The maximum absolute atomic E-state index is 11.0. The van der Waals surface area contributed by atoms with Crippen LogP contribution in [0.3, 0.4) is 0 Å². The SMILES string of the molecule is COc1ccc(C=O)c(C(C)(C)CC(=O)O)c1. The minimum absolute atomic E-state index is 0.0407. The largest absolute Gasteiger partial charge is 0.497 e. The van der Waals surface area contributed by atoms with E-state index >= 15 is 0 Å². The van der Waals surface area contributed by atoms with Crippen LogP contribution >= 0.6 is 0 Å². The normalized spacial score (nSPS) is 11.0. The van der Waals surface area contributed by atoms with Crippen LogP contribution < -0.4 is 4.74 Å². The van der Waals surface area contributed by atoms with Gasteiger partial charge in [0.2, 0.25) is 0 Å². The molecule has 0 aliphatic rings. The van der Waals surface area contributed by atoms with Crippen LogP contribution in [0.5, 0.6) is 5.75 Å². The van der Waals surface area contributed by atoms with Crippen LogP contribution in [-0.4, -0.2) is 24.5 Å². The predicted molar refractivity (Wildman–Crippen MR) is 63.7 cm³/mol. The molecule has 0 atom stereocenters. The maximum Gasteiger partial charge on any atom is 0.304 e. The Bertz CT molecular complexity index is 435. The highest BCUT2D eigenvalue weighted by Gasteiger charge is 2.27. The fraction of sp³-hybridized carbons (Fsp3) is 0.385. The fourth-order valence-electron chi connectivity index (χ4n) is 1.82. The van der Waals surface area contributed by atoms with Crippen molar-refractivity contribution in [1.82, 2.24) is 0 Å². The van der Waals surface area contributed by atoms with Crippen molar-refractivity contribution in [3.05, 3.63) is 29.3 Å². The standard InChI is InChI=1S/C13H16O4/c1-13(2,7-12(15)16)11-6-10(17-3)5-4-9(11)8-14/h4-6,8H,7H2,1-3H3,(H,15,16). The predicted octanol–water partition coefficient (Wildman–Crippen LogP) is 2.26. The van der Waals surface area contributed by atoms with Crippen molar-refractivity contribution in [3.8, 4) is 5.75 Å². The molecule has 1 rings (SSSR count). The van der Waals surface area contributed by atoms with Crippen LogP contribution in [-0.2, 0) is 10.2 Å². The summed E-state index contributed by atoms with van der Waals surface area (Å²) in [7, 11) is 1.53. The number of carbonyl (C=O) groups is 2. The van der Waals surface area contributed by atoms with Crippen molar-refractivity contribution in [2.24, 2.45) is 0 Å². The van der Waals surface area contributed by atoms with Crippen LogP contribution in [0.15, 0.2) is 18.2 Å². The minimum Gasteiger partial charge on any atom is -0.497 e. The summed E-state index contributed by atoms with van der Waals surface area (Å²) < 4.78 is 5.09. The molecule has 0 saturated heterocycles. The number of aliphatic carboxylic acids is 1. The second-order valence-electron chi connectivity index (χ2n) is 4.53. The van der Waals surface area contributed by atoms with Gasteiger partial charge in [-0.05, 0) is 23.8 Å². The van der Waals surface area contributed by atoms with Crippen LogP contribution in [0.25, 0.3) is 0 Å². The molecular weight excluding hydrogens is 220 g/mol. The van der Waals surface area contributed by atoms with Crippen molar-refractivity contribution in [2.75, 3.05) is 7.11 Å². The summed E-state index contributed by atoms with van der Waals surface area (Å²) >= 11 is 0. The van der Waals surface area contributed by atoms with Crippen LogP contribution in [0.4, 0.5) is 0 Å². The molecule has 1 aromatic carbocycles. The highest BCUT2D eigenvalue weighted by molar-refractivity contribution is 5.79. The number of benzene rings is 1. The van der Waals surface area contributed by atoms with Gasteiger partial charge in [0.05, 0.1) is 13.5 Å². The molecular formula is C13H16O4. The first kappa shape index (κ1) is 13.2. The Hall–Kier alpha value is -1.84. The zero-order valence-electron chi connectivity index (χ0n) is 10.2. The highest BCUT2D eigenvalue weighted by Crippen LogP contribution is 2.32. The Kier molecular flexibility index (Phi) is 3.89. The molecule has 0 heterocycles. The molecule has 0 unspecified atom stereocenters. The lowest BCUT2D eigenvalue weighted by atomic mass is 9.79. The maximum atomic E-state index is 11.0. The fourth-order valence-corrected chi connectivity index (χ4v) is 1.82. The zero-order chi connectivity index (χ0) is 13.1. The van der Waals surface area contributed by atoms with E-state index in [1.807, 2.05) is 0 Å². The smallest absolute Gasteiger partial charge is 0.304 e. The van der Waals surface area contributed by atoms with E-state index in [4.69, 9.17) is 9.84 Å². The lowest BCUT2D eigenvalue weighted by Crippen LogP contribution is -2.23. The van der Waals surface area contributed by atoms with Gasteiger partial charge in [-0.3, -0.25) is 9.59 Å². The van der Waals surface area contributed by atoms with E-state index in [0.717, 1.165) is 6.29 Å². The van der Waals surface area contributed by atoms with Gasteiger partial charge < -0.3 is 9.84 Å². The second-order valence-corrected chi connectivity index (χ2v) is 4.53. The Labute approximate surface area is 100 Å². The summed E-state index contributed by atoms with van der Waals surface area (Å²) in [6, 6.07) is 5.04. The van der Waals surface area contributed by atoms with Crippen LogP contribution in [0, 0.1) is 0 Å². The summed E-state index contributed by atoms with van der Waals surface area (Å²) in [5.41, 5.74) is 0.572. The molecule has 92 valence electrons. The number of ether oxygens (including phenoxy) is 1. The molecule has 0 amide bonds. The molecule has 1 N–H and O–H groups in total. The van der Waals surface area contributed by atoms with Crippen molar-refractivity contribution in [3.63, 3.8) is 0 Å². The number of carboxylic acid groups (broad SMARTS) is 1. The average molecular weight is 236 g/mol. The molecule has 4 heteroatoms. The third kappa shape index (κ3) is 3.06. The molecule has 0 radical (unpaired) electrons. The minimum atomic E-state index is -0.894. The van der Waals surface area contributed by atoms with E-state index in [9.17, 15) is 9.59 Å². The van der Waals surface area contributed by atoms with Gasteiger partial charge >= 0.3 is 5.97 Å². The number of hydrogen-bond acceptors (Lipinski definition) is 3. The number of carbonyl (C=O) groups excluding carboxylic acids is 1. The van der Waals surface area contributed by atoms with E-state index < -0.39 is 11.4 Å². The van der Waals surface area contributed by atoms with Crippen molar-refractivity contribution in [2.45, 2.75) is 25.7 Å². The topological polar surface area (TPSA) is 63.6 Å². The first-order valence-corrected chi connectivity index (χ1v) is 5.26. The summed E-state index contributed by atoms with van der Waals surface area (Å²) in [5, 5.41) is 8.88. The average Bonchev–Trinajstić information content (AvgIpc) is 2.26. The molecule has 0 fully saturated rings. The number of methoxy groups -OCH3 is 1. The highest BCUT2D eigenvalue weighted by atomic mass is 16.5. The van der Waals surface area contributed by atoms with E-state index in [1.165, 1.54) is 7.11 Å². The Morgan fingerprint density at radius 3 is 2.59 bits per heavy atom. The van der Waals surface area contributed by atoms with Crippen molar-refractivity contribution in [1.29, 1.82) is 0 Å². The number of aldehydes is 1. The lowest BCUT2D eigenvalue weighted by molar-refractivity contribution is -0.138. The first-order chi connectivity index (χ1) is 7.90. The number of hydrogen-bond donors (Lipinski definition) is 1. The Morgan fingerprint density at radius 1 is 1.47 bits per heavy atom. The summed E-state index contributed by atoms with van der Waals surface area (Å²) in [6.07, 6.45) is 0.694. The molecule has 0 aliphatic carbocycles. The van der Waals surface area contributed by atoms with E-state index in [0.29, 0.717) is 16.9 Å². The summed E-state index contributed by atoms with van der Waals surface area (Å²) in [4.78, 5) is 21.8. The third-order valence-electron chi connectivity index (χ3n) is 2.71. The van der Waals surface area contributed by atoms with Crippen molar-refractivity contribution < 1.29 is 19.4 Å². The first-order valence-electron chi connectivity index (χ1n) is 5.26. The van der Waals surface area contributed by atoms with Gasteiger partial charge in [-0.2, -0.15) is 0 Å². The van der Waals surface area contributed by atoms with Gasteiger partial charge in [0.1, 0.15) is 12.0 Å². The zero-order valence-corrected chi connectivity index (χ0v) is 10.2. The second kappa shape index (κ2) is 4.99. The van der Waals surface area contributed by atoms with E-state index in [1.54, 1.807) is 32.0 Å². The lowest BCUT2D eigenvalue weighted by Gasteiger charge is -2.25. The molecule has 0 saturated carbocycles. The number of carboxylic acids is 1. The van der Waals surface area contributed by atoms with Gasteiger partial charge in [0, 0.05) is 11.0 Å². The van der Waals surface area contributed by atoms with E-state index in [-0.39, 0.29) is 6.42 Å². The molecule has 4 nitrogen and oxygen atoms in total. The van der Waals surface area contributed by atoms with Crippen LogP contribution in [0.1, 0.15) is 36.2 Å².